The van der Waals surface area contributed by atoms with Crippen molar-refractivity contribution in [3.63, 3.8) is 0 Å². The molecular weight excluding hydrogens is 216 g/mol. The monoisotopic (exact) mass is 229 g/mol. The first kappa shape index (κ1) is 12.6. The van der Waals surface area contributed by atoms with E-state index in [-0.39, 0.29) is 13.0 Å². The lowest BCUT2D eigenvalue weighted by atomic mass is 9.79. The number of halogens is 2. The highest BCUT2D eigenvalue weighted by Gasteiger charge is 2.39. The van der Waals surface area contributed by atoms with E-state index in [0.717, 1.165) is 12.1 Å². The van der Waals surface area contributed by atoms with Crippen molar-refractivity contribution in [3.8, 4) is 0 Å². The van der Waals surface area contributed by atoms with E-state index in [2.05, 4.69) is 0 Å². The number of carboxylic acids is 1. The van der Waals surface area contributed by atoms with Gasteiger partial charge in [-0.25, -0.2) is 8.78 Å². The van der Waals surface area contributed by atoms with Crippen LogP contribution in [0, 0.1) is 11.6 Å². The summed E-state index contributed by atoms with van der Waals surface area (Å²) < 4.78 is 27.0. The lowest BCUT2D eigenvalue weighted by Crippen LogP contribution is -2.36. The quantitative estimate of drug-likeness (QED) is 0.825. The first-order chi connectivity index (χ1) is 7.43. The average Bonchev–Trinajstić information content (AvgIpc) is 2.17. The molecule has 1 aromatic rings. The molecule has 16 heavy (non-hydrogen) atoms. The number of hydrogen-bond acceptors (Lipinski definition) is 2. The summed E-state index contributed by atoms with van der Waals surface area (Å²) >= 11 is 0. The SMILES string of the molecule is CC(CCN)(C(=O)O)c1c(F)cccc1F. The van der Waals surface area contributed by atoms with Crippen molar-refractivity contribution in [2.24, 2.45) is 5.73 Å². The van der Waals surface area contributed by atoms with Gasteiger partial charge in [0.2, 0.25) is 0 Å². The first-order valence-corrected chi connectivity index (χ1v) is 4.81. The molecule has 0 bridgehead atoms. The molecule has 1 atom stereocenters. The molecule has 0 saturated heterocycles. The first-order valence-electron chi connectivity index (χ1n) is 4.81. The number of carboxylic acid groups (broad SMARTS) is 1. The molecule has 5 heteroatoms. The van der Waals surface area contributed by atoms with Gasteiger partial charge in [0.15, 0.2) is 0 Å². The van der Waals surface area contributed by atoms with Crippen LogP contribution >= 0.6 is 0 Å². The molecule has 0 spiro atoms. The van der Waals surface area contributed by atoms with Crippen LogP contribution in [0.2, 0.25) is 0 Å². The van der Waals surface area contributed by atoms with E-state index in [1.165, 1.54) is 13.0 Å². The average molecular weight is 229 g/mol. The Morgan fingerprint density at radius 3 is 2.31 bits per heavy atom. The maximum absolute atomic E-state index is 13.5. The Balaban J connectivity index is 3.37. The van der Waals surface area contributed by atoms with Gasteiger partial charge in [0.1, 0.15) is 11.6 Å². The number of hydrogen-bond donors (Lipinski definition) is 2. The van der Waals surface area contributed by atoms with Crippen LogP contribution in [-0.4, -0.2) is 17.6 Å². The zero-order chi connectivity index (χ0) is 12.3. The third-order valence-electron chi connectivity index (χ3n) is 2.63. The Bertz CT molecular complexity index is 389. The van der Waals surface area contributed by atoms with Gasteiger partial charge >= 0.3 is 5.97 Å². The fourth-order valence-electron chi connectivity index (χ4n) is 1.65. The second kappa shape index (κ2) is 4.57. The molecule has 1 unspecified atom stereocenters. The maximum Gasteiger partial charge on any atom is 0.314 e. The fraction of sp³-hybridized carbons (Fsp3) is 0.364. The topological polar surface area (TPSA) is 63.3 Å². The number of carbonyl (C=O) groups is 1. The lowest BCUT2D eigenvalue weighted by molar-refractivity contribution is -0.143. The zero-order valence-electron chi connectivity index (χ0n) is 8.84. The van der Waals surface area contributed by atoms with E-state index >= 15 is 0 Å². The smallest absolute Gasteiger partial charge is 0.314 e. The highest BCUT2D eigenvalue weighted by atomic mass is 19.1. The summed E-state index contributed by atoms with van der Waals surface area (Å²) in [5, 5.41) is 9.08. The standard InChI is InChI=1S/C11H13F2NO2/c1-11(5-6-14,10(15)16)9-7(12)3-2-4-8(9)13/h2-4H,5-6,14H2,1H3,(H,15,16). The molecule has 0 aliphatic heterocycles. The minimum atomic E-state index is -1.63. The second-order valence-corrected chi connectivity index (χ2v) is 3.77. The summed E-state index contributed by atoms with van der Waals surface area (Å²) in [6.45, 7) is 1.31. The Morgan fingerprint density at radius 2 is 1.94 bits per heavy atom. The predicted octanol–water partition coefficient (Wildman–Crippen LogP) is 1.66. The van der Waals surface area contributed by atoms with Crippen LogP contribution in [0.3, 0.4) is 0 Å². The Kier molecular flexibility index (Phi) is 3.59. The van der Waals surface area contributed by atoms with Crippen molar-refractivity contribution in [2.75, 3.05) is 6.54 Å². The van der Waals surface area contributed by atoms with Gasteiger partial charge in [-0.2, -0.15) is 0 Å². The highest BCUT2D eigenvalue weighted by molar-refractivity contribution is 5.81. The van der Waals surface area contributed by atoms with Crippen molar-refractivity contribution in [3.05, 3.63) is 35.4 Å². The van der Waals surface area contributed by atoms with Gasteiger partial charge in [-0.3, -0.25) is 4.79 Å². The predicted molar refractivity (Wildman–Crippen MR) is 55.0 cm³/mol. The molecule has 3 nitrogen and oxygen atoms in total. The molecule has 0 fully saturated rings. The molecule has 0 amide bonds. The molecule has 0 aliphatic rings. The van der Waals surface area contributed by atoms with Gasteiger partial charge < -0.3 is 10.8 Å². The van der Waals surface area contributed by atoms with Crippen LogP contribution < -0.4 is 5.73 Å². The van der Waals surface area contributed by atoms with Gasteiger partial charge in [0, 0.05) is 5.56 Å². The van der Waals surface area contributed by atoms with Crippen LogP contribution in [0.4, 0.5) is 8.78 Å². The second-order valence-electron chi connectivity index (χ2n) is 3.77. The van der Waals surface area contributed by atoms with Gasteiger partial charge in [0.05, 0.1) is 5.41 Å². The summed E-state index contributed by atoms with van der Waals surface area (Å²) in [4.78, 5) is 11.1. The summed E-state index contributed by atoms with van der Waals surface area (Å²) in [5.74, 6) is -3.02. The van der Waals surface area contributed by atoms with Crippen LogP contribution in [0.25, 0.3) is 0 Å². The van der Waals surface area contributed by atoms with Gasteiger partial charge in [-0.1, -0.05) is 6.07 Å². The van der Waals surface area contributed by atoms with E-state index in [4.69, 9.17) is 10.8 Å². The van der Waals surface area contributed by atoms with Crippen LogP contribution in [0.1, 0.15) is 18.9 Å². The third-order valence-corrected chi connectivity index (χ3v) is 2.63. The van der Waals surface area contributed by atoms with Crippen molar-refractivity contribution < 1.29 is 18.7 Å². The summed E-state index contributed by atoms with van der Waals surface area (Å²) in [6, 6.07) is 3.27. The number of benzene rings is 1. The van der Waals surface area contributed by atoms with E-state index < -0.39 is 28.6 Å². The number of nitrogens with two attached hydrogens (primary N) is 1. The van der Waals surface area contributed by atoms with E-state index in [0.29, 0.717) is 0 Å². The van der Waals surface area contributed by atoms with Crippen molar-refractivity contribution >= 4 is 5.97 Å². The Morgan fingerprint density at radius 1 is 1.44 bits per heavy atom. The molecule has 1 aromatic carbocycles. The van der Waals surface area contributed by atoms with Gasteiger partial charge in [0.25, 0.3) is 0 Å². The van der Waals surface area contributed by atoms with Crippen LogP contribution in [0.15, 0.2) is 18.2 Å². The Labute approximate surface area is 91.9 Å². The number of rotatable bonds is 4. The lowest BCUT2D eigenvalue weighted by Gasteiger charge is -2.25. The van der Waals surface area contributed by atoms with Gasteiger partial charge in [-0.15, -0.1) is 0 Å². The molecule has 0 aromatic heterocycles. The molecule has 0 saturated carbocycles. The van der Waals surface area contributed by atoms with Crippen molar-refractivity contribution in [1.82, 2.24) is 0 Å². The zero-order valence-corrected chi connectivity index (χ0v) is 8.84. The minimum absolute atomic E-state index is 0.0276. The fourth-order valence-corrected chi connectivity index (χ4v) is 1.65. The molecule has 3 N–H and O–H groups in total. The molecular formula is C11H13F2NO2. The molecule has 0 aliphatic carbocycles. The van der Waals surface area contributed by atoms with E-state index in [1.54, 1.807) is 0 Å². The van der Waals surface area contributed by atoms with E-state index in [9.17, 15) is 13.6 Å². The summed E-state index contributed by atoms with van der Waals surface area (Å²) in [6.07, 6.45) is -0.0276. The largest absolute Gasteiger partial charge is 0.481 e. The third kappa shape index (κ3) is 2.04. The Hall–Kier alpha value is -1.49. The van der Waals surface area contributed by atoms with E-state index in [1.807, 2.05) is 0 Å². The highest BCUT2D eigenvalue weighted by Crippen LogP contribution is 2.31. The van der Waals surface area contributed by atoms with Gasteiger partial charge in [-0.05, 0) is 32.0 Å². The molecule has 0 heterocycles. The van der Waals surface area contributed by atoms with Crippen molar-refractivity contribution in [2.45, 2.75) is 18.8 Å². The van der Waals surface area contributed by atoms with Crippen LogP contribution in [0.5, 0.6) is 0 Å². The minimum Gasteiger partial charge on any atom is -0.481 e. The normalized spacial score (nSPS) is 14.5. The summed E-state index contributed by atoms with van der Waals surface area (Å²) in [7, 11) is 0. The molecule has 88 valence electrons. The molecule has 1 rings (SSSR count). The summed E-state index contributed by atoms with van der Waals surface area (Å²) in [5.41, 5.74) is 3.21. The number of aliphatic carboxylic acids is 1. The maximum atomic E-state index is 13.5. The van der Waals surface area contributed by atoms with Crippen LogP contribution in [-0.2, 0) is 10.2 Å². The molecule has 0 radical (unpaired) electrons. The van der Waals surface area contributed by atoms with Crippen molar-refractivity contribution in [1.29, 1.82) is 0 Å².